The molecular formula is C11H15N3O2S. The lowest BCUT2D eigenvalue weighted by Gasteiger charge is -2.28. The zero-order valence-corrected chi connectivity index (χ0v) is 10.4. The fourth-order valence-corrected chi connectivity index (χ4v) is 2.93. The van der Waals surface area contributed by atoms with Crippen LogP contribution >= 0.6 is 0 Å². The lowest BCUT2D eigenvalue weighted by atomic mass is 10.2. The topological polar surface area (TPSA) is 75.8 Å². The summed E-state index contributed by atoms with van der Waals surface area (Å²) in [6.45, 7) is 2.75. The van der Waals surface area contributed by atoms with Gasteiger partial charge in [-0.15, -0.1) is 4.40 Å². The van der Waals surface area contributed by atoms with Crippen LogP contribution in [0.4, 0.5) is 5.69 Å². The standard InChI is InChI=1S/C11H15N3O2S/c1-2-3-8-14-9-6-4-5-7-10(9)17(15,16)13-11(14)12/h4-7H,2-3,8H2,1H3,(H2,12,13). The average Bonchev–Trinajstić information content (AvgIpc) is 2.28. The summed E-state index contributed by atoms with van der Waals surface area (Å²) in [7, 11) is -3.63. The summed E-state index contributed by atoms with van der Waals surface area (Å²) in [5.41, 5.74) is 6.33. The molecule has 2 N–H and O–H groups in total. The Hall–Kier alpha value is -1.56. The normalized spacial score (nSPS) is 17.5. The van der Waals surface area contributed by atoms with Gasteiger partial charge in [-0.05, 0) is 18.6 Å². The second kappa shape index (κ2) is 4.37. The molecule has 0 saturated heterocycles. The molecule has 0 aliphatic carbocycles. The third kappa shape index (κ3) is 2.12. The number of nitrogens with zero attached hydrogens (tertiary/aromatic N) is 2. The molecule has 0 aromatic heterocycles. The van der Waals surface area contributed by atoms with Crippen LogP contribution in [0.15, 0.2) is 33.6 Å². The Morgan fingerprint density at radius 2 is 2.06 bits per heavy atom. The minimum Gasteiger partial charge on any atom is -0.369 e. The fraction of sp³-hybridized carbons (Fsp3) is 0.364. The maximum Gasteiger partial charge on any atom is 0.287 e. The van der Waals surface area contributed by atoms with E-state index in [9.17, 15) is 8.42 Å². The number of rotatable bonds is 3. The van der Waals surface area contributed by atoms with Crippen molar-refractivity contribution in [1.82, 2.24) is 0 Å². The number of nitrogens with two attached hydrogens (primary N) is 1. The van der Waals surface area contributed by atoms with Gasteiger partial charge in [0.05, 0.1) is 5.69 Å². The van der Waals surface area contributed by atoms with Crippen LogP contribution in [0.3, 0.4) is 0 Å². The molecule has 0 unspecified atom stereocenters. The van der Waals surface area contributed by atoms with Gasteiger partial charge in [0.2, 0.25) is 5.96 Å². The van der Waals surface area contributed by atoms with E-state index in [1.807, 2.05) is 0 Å². The molecule has 5 nitrogen and oxygen atoms in total. The summed E-state index contributed by atoms with van der Waals surface area (Å²) in [5.74, 6) is 0.0529. The number of benzene rings is 1. The number of unbranched alkanes of at least 4 members (excludes halogenated alkanes) is 1. The summed E-state index contributed by atoms with van der Waals surface area (Å²) in [5, 5.41) is 0. The lowest BCUT2D eigenvalue weighted by molar-refractivity contribution is 0.596. The summed E-state index contributed by atoms with van der Waals surface area (Å²) in [4.78, 5) is 1.98. The van der Waals surface area contributed by atoms with Gasteiger partial charge in [0, 0.05) is 6.54 Å². The van der Waals surface area contributed by atoms with E-state index in [-0.39, 0.29) is 10.9 Å². The zero-order valence-electron chi connectivity index (χ0n) is 9.63. The van der Waals surface area contributed by atoms with Crippen molar-refractivity contribution < 1.29 is 8.42 Å². The Morgan fingerprint density at radius 1 is 1.35 bits per heavy atom. The molecule has 92 valence electrons. The monoisotopic (exact) mass is 253 g/mol. The molecule has 0 spiro atoms. The van der Waals surface area contributed by atoms with Gasteiger partial charge in [-0.25, -0.2) is 0 Å². The van der Waals surface area contributed by atoms with Crippen molar-refractivity contribution in [2.75, 3.05) is 11.4 Å². The smallest absolute Gasteiger partial charge is 0.287 e. The van der Waals surface area contributed by atoms with E-state index in [0.717, 1.165) is 12.8 Å². The molecule has 1 aliphatic heterocycles. The van der Waals surface area contributed by atoms with Crippen LogP contribution in [0.5, 0.6) is 0 Å². The van der Waals surface area contributed by atoms with Gasteiger partial charge in [0.15, 0.2) is 0 Å². The van der Waals surface area contributed by atoms with E-state index in [0.29, 0.717) is 12.2 Å². The van der Waals surface area contributed by atoms with Gasteiger partial charge in [-0.1, -0.05) is 25.5 Å². The van der Waals surface area contributed by atoms with Gasteiger partial charge in [0.25, 0.3) is 10.0 Å². The molecule has 0 saturated carbocycles. The highest BCUT2D eigenvalue weighted by Crippen LogP contribution is 2.30. The van der Waals surface area contributed by atoms with Crippen molar-refractivity contribution in [3.8, 4) is 0 Å². The zero-order chi connectivity index (χ0) is 12.5. The van der Waals surface area contributed by atoms with Crippen molar-refractivity contribution in [2.24, 2.45) is 10.1 Å². The molecule has 1 aromatic rings. The third-order valence-electron chi connectivity index (χ3n) is 2.66. The maximum atomic E-state index is 11.8. The van der Waals surface area contributed by atoms with Crippen LogP contribution < -0.4 is 10.6 Å². The Morgan fingerprint density at radius 3 is 2.76 bits per heavy atom. The third-order valence-corrected chi connectivity index (χ3v) is 3.99. The largest absolute Gasteiger partial charge is 0.369 e. The first-order chi connectivity index (χ1) is 8.06. The number of sulfonamides is 1. The number of hydrogen-bond donors (Lipinski definition) is 1. The highest BCUT2D eigenvalue weighted by Gasteiger charge is 2.28. The van der Waals surface area contributed by atoms with Crippen molar-refractivity contribution in [1.29, 1.82) is 0 Å². The second-order valence-corrected chi connectivity index (χ2v) is 5.47. The van der Waals surface area contributed by atoms with Crippen LogP contribution in [0.25, 0.3) is 0 Å². The van der Waals surface area contributed by atoms with Crippen LogP contribution in [-0.2, 0) is 10.0 Å². The molecule has 0 fully saturated rings. The highest BCUT2D eigenvalue weighted by molar-refractivity contribution is 7.90. The Bertz CT molecular complexity index is 552. The van der Waals surface area contributed by atoms with Gasteiger partial charge >= 0.3 is 0 Å². The molecule has 0 atom stereocenters. The van der Waals surface area contributed by atoms with Crippen LogP contribution in [0, 0.1) is 0 Å². The Kier molecular flexibility index (Phi) is 3.06. The molecule has 0 radical (unpaired) electrons. The van der Waals surface area contributed by atoms with E-state index >= 15 is 0 Å². The molecule has 1 heterocycles. The SMILES string of the molecule is CCCCN1C(N)=NS(=O)(=O)c2ccccc21. The van der Waals surface area contributed by atoms with E-state index < -0.39 is 10.0 Å². The Balaban J connectivity index is 2.50. The van der Waals surface area contributed by atoms with Gasteiger partial charge in [-0.2, -0.15) is 8.42 Å². The lowest BCUT2D eigenvalue weighted by Crippen LogP contribution is -2.41. The maximum absolute atomic E-state index is 11.8. The van der Waals surface area contributed by atoms with Crippen molar-refractivity contribution in [3.63, 3.8) is 0 Å². The fourth-order valence-electron chi connectivity index (χ4n) is 1.79. The first kappa shape index (κ1) is 11.9. The minimum absolute atomic E-state index is 0.0529. The number of fused-ring (bicyclic) bond motifs is 1. The van der Waals surface area contributed by atoms with E-state index in [1.54, 1.807) is 29.2 Å². The van der Waals surface area contributed by atoms with Gasteiger partial charge in [-0.3, -0.25) is 0 Å². The molecule has 6 heteroatoms. The molecule has 1 aromatic carbocycles. The second-order valence-electron chi connectivity index (χ2n) is 3.90. The van der Waals surface area contributed by atoms with Crippen molar-refractivity contribution in [2.45, 2.75) is 24.7 Å². The molecular weight excluding hydrogens is 238 g/mol. The van der Waals surface area contributed by atoms with Crippen LogP contribution in [0.2, 0.25) is 0 Å². The van der Waals surface area contributed by atoms with E-state index in [2.05, 4.69) is 11.3 Å². The van der Waals surface area contributed by atoms with Crippen LogP contribution in [-0.4, -0.2) is 20.9 Å². The Labute approximate surface area is 101 Å². The summed E-state index contributed by atoms with van der Waals surface area (Å²) in [6, 6.07) is 6.79. The summed E-state index contributed by atoms with van der Waals surface area (Å²) >= 11 is 0. The van der Waals surface area contributed by atoms with E-state index in [4.69, 9.17) is 5.73 Å². The number of anilines is 1. The highest BCUT2D eigenvalue weighted by atomic mass is 32.2. The average molecular weight is 253 g/mol. The first-order valence-corrected chi connectivity index (χ1v) is 6.97. The molecule has 17 heavy (non-hydrogen) atoms. The number of para-hydroxylation sites is 1. The van der Waals surface area contributed by atoms with E-state index in [1.165, 1.54) is 0 Å². The molecule has 0 amide bonds. The molecule has 2 rings (SSSR count). The first-order valence-electron chi connectivity index (χ1n) is 5.53. The minimum atomic E-state index is -3.63. The quantitative estimate of drug-likeness (QED) is 0.881. The van der Waals surface area contributed by atoms with Gasteiger partial charge in [0.1, 0.15) is 4.90 Å². The predicted molar refractivity (Wildman–Crippen MR) is 67.5 cm³/mol. The number of guanidine groups is 1. The van der Waals surface area contributed by atoms with Crippen molar-refractivity contribution >= 4 is 21.7 Å². The number of hydrogen-bond acceptors (Lipinski definition) is 4. The molecule has 1 aliphatic rings. The van der Waals surface area contributed by atoms with Gasteiger partial charge < -0.3 is 10.6 Å². The summed E-state index contributed by atoms with van der Waals surface area (Å²) < 4.78 is 27.2. The van der Waals surface area contributed by atoms with Crippen molar-refractivity contribution in [3.05, 3.63) is 24.3 Å². The summed E-state index contributed by atoms with van der Waals surface area (Å²) in [6.07, 6.45) is 1.95. The molecule has 0 bridgehead atoms. The predicted octanol–water partition coefficient (Wildman–Crippen LogP) is 1.31. The van der Waals surface area contributed by atoms with Crippen LogP contribution in [0.1, 0.15) is 19.8 Å².